The van der Waals surface area contributed by atoms with Crippen molar-refractivity contribution in [3.63, 3.8) is 0 Å². The summed E-state index contributed by atoms with van der Waals surface area (Å²) in [7, 11) is 0. The maximum absolute atomic E-state index is 4.96. The second-order valence-electron chi connectivity index (χ2n) is 9.44. The first kappa shape index (κ1) is 22.0. The van der Waals surface area contributed by atoms with Gasteiger partial charge in [-0.05, 0) is 31.1 Å². The highest BCUT2D eigenvalue weighted by molar-refractivity contribution is 5.71. The van der Waals surface area contributed by atoms with Crippen LogP contribution in [0.25, 0.3) is 23.4 Å². The first-order valence-corrected chi connectivity index (χ1v) is 11.7. The molecule has 4 aromatic heterocycles. The van der Waals surface area contributed by atoms with Crippen LogP contribution in [-0.2, 0) is 6.54 Å². The molecule has 8 heteroatoms. The third-order valence-corrected chi connectivity index (χ3v) is 6.18. The Morgan fingerprint density at radius 1 is 0.853 bits per heavy atom. The fourth-order valence-electron chi connectivity index (χ4n) is 4.32. The Balaban J connectivity index is 1.72. The van der Waals surface area contributed by atoms with Crippen molar-refractivity contribution in [3.8, 4) is 0 Å². The van der Waals surface area contributed by atoms with Gasteiger partial charge in [-0.3, -0.25) is 0 Å². The molecule has 0 radical (unpaired) electrons. The fourth-order valence-corrected chi connectivity index (χ4v) is 4.32. The zero-order valence-electron chi connectivity index (χ0n) is 20.6. The quantitative estimate of drug-likeness (QED) is 0.386. The molecule has 0 unspecified atom stereocenters. The van der Waals surface area contributed by atoms with Gasteiger partial charge in [-0.25, -0.2) is 4.68 Å². The lowest BCUT2D eigenvalue weighted by Crippen LogP contribution is -2.06. The summed E-state index contributed by atoms with van der Waals surface area (Å²) in [5, 5.41) is 24.3. The molecule has 0 aliphatic rings. The van der Waals surface area contributed by atoms with E-state index in [0.717, 1.165) is 50.7 Å². The zero-order valence-corrected chi connectivity index (χ0v) is 20.6. The summed E-state index contributed by atoms with van der Waals surface area (Å²) in [4.78, 5) is 0. The molecule has 0 amide bonds. The van der Waals surface area contributed by atoms with Gasteiger partial charge in [0.05, 0.1) is 17.9 Å². The largest absolute Gasteiger partial charge is 0.241 e. The van der Waals surface area contributed by atoms with Crippen LogP contribution < -0.4 is 5.22 Å². The van der Waals surface area contributed by atoms with Crippen LogP contribution in [0.2, 0.25) is 0 Å². The molecule has 0 N–H and O–H groups in total. The third kappa shape index (κ3) is 3.50. The van der Waals surface area contributed by atoms with Gasteiger partial charge in [-0.15, -0.1) is 10.2 Å². The first-order valence-electron chi connectivity index (χ1n) is 11.7. The number of hydrogen-bond donors (Lipinski definition) is 0. The van der Waals surface area contributed by atoms with Crippen LogP contribution in [0.3, 0.4) is 0 Å². The predicted molar refractivity (Wildman–Crippen MR) is 134 cm³/mol. The van der Waals surface area contributed by atoms with Crippen molar-refractivity contribution in [2.45, 2.75) is 59.9 Å². The predicted octanol–water partition coefficient (Wildman–Crippen LogP) is 4.07. The second kappa shape index (κ2) is 8.20. The topological polar surface area (TPSA) is 78.2 Å². The van der Waals surface area contributed by atoms with Crippen molar-refractivity contribution in [1.82, 2.24) is 39.2 Å². The molecule has 174 valence electrons. The molecular formula is C26H30N8. The lowest BCUT2D eigenvalue weighted by molar-refractivity contribution is 0.661. The summed E-state index contributed by atoms with van der Waals surface area (Å²) in [6.45, 7) is 17.0. The number of hydrogen-bond acceptors (Lipinski definition) is 5. The molecule has 0 atom stereocenters. The molecule has 5 aromatic rings. The smallest absolute Gasteiger partial charge is 0.186 e. The Kier molecular flexibility index (Phi) is 5.31. The van der Waals surface area contributed by atoms with E-state index >= 15 is 0 Å². The van der Waals surface area contributed by atoms with Crippen molar-refractivity contribution >= 4 is 23.4 Å². The average Bonchev–Trinajstić information content (AvgIpc) is 3.51. The molecule has 4 heterocycles. The van der Waals surface area contributed by atoms with Crippen LogP contribution in [0.15, 0.2) is 30.8 Å². The van der Waals surface area contributed by atoms with E-state index in [4.69, 9.17) is 15.3 Å². The van der Waals surface area contributed by atoms with E-state index in [1.807, 2.05) is 29.0 Å². The zero-order chi connectivity index (χ0) is 24.1. The molecule has 0 aliphatic heterocycles. The Morgan fingerprint density at radius 2 is 1.53 bits per heavy atom. The van der Waals surface area contributed by atoms with Crippen LogP contribution in [0.1, 0.15) is 79.3 Å². The highest BCUT2D eigenvalue weighted by atomic mass is 15.4. The Morgan fingerprint density at radius 3 is 2.18 bits per heavy atom. The van der Waals surface area contributed by atoms with Gasteiger partial charge in [0.2, 0.25) is 0 Å². The second-order valence-corrected chi connectivity index (χ2v) is 9.44. The monoisotopic (exact) mass is 454 g/mol. The molecule has 5 rings (SSSR count). The van der Waals surface area contributed by atoms with Crippen molar-refractivity contribution in [1.29, 1.82) is 0 Å². The van der Waals surface area contributed by atoms with E-state index in [2.05, 4.69) is 79.5 Å². The summed E-state index contributed by atoms with van der Waals surface area (Å²) in [5.41, 5.74) is 6.89. The van der Waals surface area contributed by atoms with E-state index in [1.165, 1.54) is 5.56 Å². The molecule has 8 nitrogen and oxygen atoms in total. The molecule has 0 aliphatic carbocycles. The molecule has 0 spiro atoms. The van der Waals surface area contributed by atoms with E-state index in [-0.39, 0.29) is 11.8 Å². The molecule has 34 heavy (non-hydrogen) atoms. The minimum atomic E-state index is 0.234. The summed E-state index contributed by atoms with van der Waals surface area (Å²) in [5.74, 6) is 2.28. The minimum Gasteiger partial charge on any atom is -0.241 e. The molecular weight excluding hydrogens is 424 g/mol. The number of aromatic nitrogens is 8. The third-order valence-electron chi connectivity index (χ3n) is 6.18. The minimum absolute atomic E-state index is 0.234. The van der Waals surface area contributed by atoms with Crippen LogP contribution in [0.5, 0.6) is 0 Å². The van der Waals surface area contributed by atoms with Gasteiger partial charge in [0, 0.05) is 22.6 Å². The van der Waals surface area contributed by atoms with Gasteiger partial charge in [0.1, 0.15) is 0 Å². The maximum atomic E-state index is 4.96. The van der Waals surface area contributed by atoms with Gasteiger partial charge in [-0.1, -0.05) is 64.6 Å². The average molecular weight is 455 g/mol. The lowest BCUT2D eigenvalue weighted by atomic mass is 10.1. The molecule has 1 aromatic carbocycles. The highest BCUT2D eigenvalue weighted by Gasteiger charge is 2.21. The van der Waals surface area contributed by atoms with Crippen LogP contribution in [0.4, 0.5) is 0 Å². The summed E-state index contributed by atoms with van der Waals surface area (Å²) < 4.78 is 5.90. The van der Waals surface area contributed by atoms with Gasteiger partial charge < -0.3 is 0 Å². The summed E-state index contributed by atoms with van der Waals surface area (Å²) in [6, 6.07) is 8.40. The van der Waals surface area contributed by atoms with E-state index < -0.39 is 0 Å². The number of nitrogens with zero attached hydrogens (tertiary/aromatic N) is 8. The van der Waals surface area contributed by atoms with Gasteiger partial charge in [0.25, 0.3) is 0 Å². The van der Waals surface area contributed by atoms with Gasteiger partial charge >= 0.3 is 0 Å². The summed E-state index contributed by atoms with van der Waals surface area (Å²) >= 11 is 0. The standard InChI is InChI=1S/C26H30N8/c1-8-19-9-11-20(12-10-19)14-32-26-22(18(7)30-34(26)24(31-32)16(4)5)13-21-17(6)29-33-23(15(2)3)27-28-25(21)33/h8-13,15-16H,1,14H2,2-7H3/b21-13-. The fraction of sp³-hybridized carbons (Fsp3) is 0.346. The molecule has 0 bridgehead atoms. The van der Waals surface area contributed by atoms with Crippen LogP contribution in [-0.4, -0.2) is 39.2 Å². The van der Waals surface area contributed by atoms with Gasteiger partial charge in [0.15, 0.2) is 22.9 Å². The number of aryl methyl sites for hydroxylation is 2. The number of benzene rings is 1. The number of rotatable bonds is 6. The van der Waals surface area contributed by atoms with E-state index in [1.54, 1.807) is 0 Å². The van der Waals surface area contributed by atoms with E-state index in [0.29, 0.717) is 6.54 Å². The lowest BCUT2D eigenvalue weighted by Gasteiger charge is -2.04. The van der Waals surface area contributed by atoms with Crippen molar-refractivity contribution in [3.05, 3.63) is 75.8 Å². The Hall–Kier alpha value is -3.81. The number of fused-ring (bicyclic) bond motifs is 2. The maximum Gasteiger partial charge on any atom is 0.186 e. The van der Waals surface area contributed by atoms with E-state index in [9.17, 15) is 0 Å². The Labute approximate surface area is 198 Å². The van der Waals surface area contributed by atoms with Crippen molar-refractivity contribution < 1.29 is 0 Å². The highest BCUT2D eigenvalue weighted by Crippen LogP contribution is 2.23. The van der Waals surface area contributed by atoms with Crippen LogP contribution in [0, 0.1) is 13.8 Å². The normalized spacial score (nSPS) is 12.8. The molecule has 0 fully saturated rings. The summed E-state index contributed by atoms with van der Waals surface area (Å²) in [6.07, 6.45) is 3.99. The Bertz CT molecular complexity index is 1560. The van der Waals surface area contributed by atoms with Crippen molar-refractivity contribution in [2.24, 2.45) is 0 Å². The molecule has 0 saturated heterocycles. The molecule has 0 saturated carbocycles. The first-order chi connectivity index (χ1) is 16.3. The van der Waals surface area contributed by atoms with Crippen LogP contribution >= 0.6 is 0 Å². The SMILES string of the molecule is C=Cc1ccc(Cn2nc(C(C)C)n3nc(C)c(/C=c4/c(C)nn5c(C(C)C)nnc45)c23)cc1. The van der Waals surface area contributed by atoms with Gasteiger partial charge in [-0.2, -0.15) is 24.3 Å². The van der Waals surface area contributed by atoms with Crippen molar-refractivity contribution in [2.75, 3.05) is 0 Å².